The second kappa shape index (κ2) is 7.09. The smallest absolute Gasteiger partial charge is 0.493 e. The van der Waals surface area contributed by atoms with Gasteiger partial charge >= 0.3 is 58.4 Å². The molecule has 1 aliphatic rings. The van der Waals surface area contributed by atoms with Crippen molar-refractivity contribution < 1.29 is 69.1 Å². The van der Waals surface area contributed by atoms with Crippen LogP contribution in [0.5, 0.6) is 5.75 Å². The number of hydrogen-bond donors (Lipinski definition) is 0. The molecule has 0 bridgehead atoms. The number of halogens is 3. The molecule has 2 aromatic carbocycles. The molecule has 1 atom stereocenters. The van der Waals surface area contributed by atoms with Gasteiger partial charge in [-0.25, -0.2) is 0 Å². The molecule has 1 aliphatic carbocycles. The standard InChI is InChI=1S/C16H15BF3O.K/c1-11-8-14(17(18,19)20)6-7-16(11)21-10-13-9-12-4-2-3-5-15(12)13;/h2-8,13H,9-10H2,1H3;/q-1;+1. The van der Waals surface area contributed by atoms with Gasteiger partial charge < -0.3 is 17.7 Å². The molecule has 0 heterocycles. The Kier molecular flexibility index (Phi) is 5.83. The number of hydrogen-bond acceptors (Lipinski definition) is 1. The number of aryl methyl sites for hydroxylation is 1. The van der Waals surface area contributed by atoms with Crippen LogP contribution in [-0.2, 0) is 6.42 Å². The van der Waals surface area contributed by atoms with Crippen LogP contribution in [0.2, 0.25) is 0 Å². The molecule has 0 saturated heterocycles. The van der Waals surface area contributed by atoms with Crippen molar-refractivity contribution >= 4 is 12.4 Å². The minimum Gasteiger partial charge on any atom is -0.493 e. The predicted molar refractivity (Wildman–Crippen MR) is 78.3 cm³/mol. The average Bonchev–Trinajstić information content (AvgIpc) is 2.40. The van der Waals surface area contributed by atoms with Gasteiger partial charge in [-0.2, -0.15) is 0 Å². The van der Waals surface area contributed by atoms with E-state index in [9.17, 15) is 12.9 Å². The fourth-order valence-electron chi connectivity index (χ4n) is 2.74. The van der Waals surface area contributed by atoms with Crippen molar-refractivity contribution in [2.45, 2.75) is 19.3 Å². The van der Waals surface area contributed by atoms with Crippen LogP contribution in [0.4, 0.5) is 12.9 Å². The second-order valence-corrected chi connectivity index (χ2v) is 5.51. The first-order valence-electron chi connectivity index (χ1n) is 6.96. The summed E-state index contributed by atoms with van der Waals surface area (Å²) in [7, 11) is 0. The van der Waals surface area contributed by atoms with Gasteiger partial charge in [-0.05, 0) is 36.1 Å². The molecule has 3 rings (SSSR count). The maximum atomic E-state index is 12.7. The molecule has 0 aliphatic heterocycles. The summed E-state index contributed by atoms with van der Waals surface area (Å²) in [6, 6.07) is 11.9. The Morgan fingerprint density at radius 2 is 1.86 bits per heavy atom. The van der Waals surface area contributed by atoms with Gasteiger partial charge in [-0.3, -0.25) is 0 Å². The fraction of sp³-hybridized carbons (Fsp3) is 0.250. The Bertz CT molecular complexity index is 673. The van der Waals surface area contributed by atoms with E-state index in [1.807, 2.05) is 12.1 Å². The second-order valence-electron chi connectivity index (χ2n) is 5.51. The third-order valence-corrected chi connectivity index (χ3v) is 3.98. The fourth-order valence-corrected chi connectivity index (χ4v) is 2.74. The first-order chi connectivity index (χ1) is 9.95. The van der Waals surface area contributed by atoms with Crippen molar-refractivity contribution in [1.82, 2.24) is 0 Å². The molecule has 2 aromatic rings. The summed E-state index contributed by atoms with van der Waals surface area (Å²) >= 11 is 0. The Balaban J connectivity index is 0.00000176. The minimum absolute atomic E-state index is 0. The Morgan fingerprint density at radius 3 is 2.50 bits per heavy atom. The van der Waals surface area contributed by atoms with E-state index in [-0.39, 0.29) is 51.4 Å². The van der Waals surface area contributed by atoms with Gasteiger partial charge in [-0.15, -0.1) is 5.46 Å². The van der Waals surface area contributed by atoms with Crippen LogP contribution in [0, 0.1) is 6.92 Å². The molecule has 1 unspecified atom stereocenters. The quantitative estimate of drug-likeness (QED) is 0.753. The molecule has 6 heteroatoms. The summed E-state index contributed by atoms with van der Waals surface area (Å²) in [6.07, 6.45) is 0.971. The first kappa shape index (κ1) is 18.1. The van der Waals surface area contributed by atoms with E-state index in [0.29, 0.717) is 23.8 Å². The van der Waals surface area contributed by atoms with Crippen LogP contribution in [-0.4, -0.2) is 13.6 Å². The van der Waals surface area contributed by atoms with Crippen LogP contribution in [0.25, 0.3) is 0 Å². The van der Waals surface area contributed by atoms with Crippen LogP contribution in [0.15, 0.2) is 42.5 Å². The van der Waals surface area contributed by atoms with Gasteiger partial charge in [0.05, 0.1) is 6.61 Å². The summed E-state index contributed by atoms with van der Waals surface area (Å²) in [4.78, 5) is 0. The van der Waals surface area contributed by atoms with E-state index in [4.69, 9.17) is 4.74 Å². The van der Waals surface area contributed by atoms with E-state index in [0.717, 1.165) is 18.6 Å². The van der Waals surface area contributed by atoms with Gasteiger partial charge in [0.15, 0.2) is 0 Å². The first-order valence-corrected chi connectivity index (χ1v) is 6.96. The maximum Gasteiger partial charge on any atom is 1.00 e. The number of fused-ring (bicyclic) bond motifs is 1. The zero-order valence-electron chi connectivity index (χ0n) is 12.7. The van der Waals surface area contributed by atoms with E-state index >= 15 is 0 Å². The largest absolute Gasteiger partial charge is 1.00 e. The van der Waals surface area contributed by atoms with Crippen molar-refractivity contribution in [3.63, 3.8) is 0 Å². The van der Waals surface area contributed by atoms with E-state index in [1.54, 1.807) is 6.92 Å². The molecule has 1 nitrogen and oxygen atoms in total. The van der Waals surface area contributed by atoms with Crippen molar-refractivity contribution in [2.75, 3.05) is 6.61 Å². The number of ether oxygens (including phenoxy) is 1. The molecule has 0 N–H and O–H groups in total. The maximum absolute atomic E-state index is 12.7. The Hall–Kier alpha value is -0.269. The Morgan fingerprint density at radius 1 is 1.14 bits per heavy atom. The summed E-state index contributed by atoms with van der Waals surface area (Å²) in [6.45, 7) is -2.79. The monoisotopic (exact) mass is 330 g/mol. The van der Waals surface area contributed by atoms with Crippen LogP contribution < -0.4 is 61.6 Å². The number of rotatable bonds is 4. The molecular formula is C16H15BF3KO. The third kappa shape index (κ3) is 3.79. The predicted octanol–water partition coefficient (Wildman–Crippen LogP) is 0.772. The number of benzene rings is 2. The van der Waals surface area contributed by atoms with E-state index in [1.165, 1.54) is 17.2 Å². The van der Waals surface area contributed by atoms with Crippen molar-refractivity contribution in [2.24, 2.45) is 0 Å². The van der Waals surface area contributed by atoms with Gasteiger partial charge in [0, 0.05) is 5.92 Å². The zero-order valence-corrected chi connectivity index (χ0v) is 15.8. The minimum atomic E-state index is -4.95. The van der Waals surface area contributed by atoms with Crippen molar-refractivity contribution in [3.8, 4) is 5.75 Å². The summed E-state index contributed by atoms with van der Waals surface area (Å²) in [5.41, 5.74) is 2.57. The molecule has 0 aromatic heterocycles. The molecule has 110 valence electrons. The zero-order chi connectivity index (χ0) is 15.0. The van der Waals surface area contributed by atoms with Crippen LogP contribution >= 0.6 is 0 Å². The Labute approximate surface area is 170 Å². The molecule has 0 saturated carbocycles. The molecule has 0 radical (unpaired) electrons. The average molecular weight is 330 g/mol. The molecule has 0 spiro atoms. The van der Waals surface area contributed by atoms with Crippen molar-refractivity contribution in [1.29, 1.82) is 0 Å². The van der Waals surface area contributed by atoms with Gasteiger partial charge in [-0.1, -0.05) is 36.4 Å². The van der Waals surface area contributed by atoms with Crippen molar-refractivity contribution in [3.05, 3.63) is 59.2 Å². The van der Waals surface area contributed by atoms with Gasteiger partial charge in [0.25, 0.3) is 0 Å². The summed E-state index contributed by atoms with van der Waals surface area (Å²) in [5, 5.41) is 0. The topological polar surface area (TPSA) is 9.23 Å². The molecule has 22 heavy (non-hydrogen) atoms. The van der Waals surface area contributed by atoms with Crippen LogP contribution in [0.1, 0.15) is 22.6 Å². The van der Waals surface area contributed by atoms with Gasteiger partial charge in [0.2, 0.25) is 0 Å². The van der Waals surface area contributed by atoms with E-state index < -0.39 is 12.4 Å². The summed E-state index contributed by atoms with van der Waals surface area (Å²) < 4.78 is 43.7. The van der Waals surface area contributed by atoms with Crippen LogP contribution in [0.3, 0.4) is 0 Å². The van der Waals surface area contributed by atoms with Gasteiger partial charge in [0.1, 0.15) is 5.75 Å². The third-order valence-electron chi connectivity index (χ3n) is 3.98. The normalized spacial score (nSPS) is 16.3. The summed E-state index contributed by atoms with van der Waals surface area (Å²) in [5.74, 6) is 0.871. The molecular weight excluding hydrogens is 315 g/mol. The molecule has 0 amide bonds. The molecule has 0 fully saturated rings. The SMILES string of the molecule is Cc1cc([B-](F)(F)F)ccc1OCC1Cc2ccccc21.[K+]. The van der Waals surface area contributed by atoms with E-state index in [2.05, 4.69) is 12.1 Å².